The van der Waals surface area contributed by atoms with Gasteiger partial charge in [0, 0.05) is 6.54 Å². The lowest BCUT2D eigenvalue weighted by Crippen LogP contribution is -2.40. The summed E-state index contributed by atoms with van der Waals surface area (Å²) in [7, 11) is 1.57. The van der Waals surface area contributed by atoms with Gasteiger partial charge in [-0.3, -0.25) is 0 Å². The molecular formula is C14H17BrN4O. The van der Waals surface area contributed by atoms with E-state index in [-0.39, 0.29) is 0 Å². The highest BCUT2D eigenvalue weighted by atomic mass is 79.9. The first-order chi connectivity index (χ1) is 9.59. The summed E-state index contributed by atoms with van der Waals surface area (Å²) in [5.74, 6) is 0.955. The number of halogens is 1. The number of aromatic nitrogens is 2. The minimum atomic E-state index is -0.444. The van der Waals surface area contributed by atoms with Gasteiger partial charge in [0.2, 0.25) is 11.8 Å². The second-order valence-electron chi connectivity index (χ2n) is 4.58. The van der Waals surface area contributed by atoms with E-state index in [9.17, 15) is 0 Å². The minimum Gasteiger partial charge on any atom is -0.480 e. The minimum absolute atomic E-state index is 0.415. The van der Waals surface area contributed by atoms with Crippen LogP contribution < -0.4 is 15.8 Å². The topological polar surface area (TPSA) is 73.1 Å². The molecule has 0 spiro atoms. The Bertz CT molecular complexity index is 579. The zero-order valence-electron chi connectivity index (χ0n) is 11.4. The van der Waals surface area contributed by atoms with Crippen molar-refractivity contribution < 1.29 is 4.74 Å². The van der Waals surface area contributed by atoms with E-state index in [1.54, 1.807) is 13.3 Å². The molecule has 0 saturated heterocycles. The highest BCUT2D eigenvalue weighted by molar-refractivity contribution is 9.10. The lowest BCUT2D eigenvalue weighted by atomic mass is 9.92. The average molecular weight is 337 g/mol. The van der Waals surface area contributed by atoms with Crippen molar-refractivity contribution in [3.05, 3.63) is 46.6 Å². The van der Waals surface area contributed by atoms with E-state index in [4.69, 9.17) is 10.5 Å². The fourth-order valence-corrected chi connectivity index (χ4v) is 2.20. The van der Waals surface area contributed by atoms with Gasteiger partial charge >= 0.3 is 0 Å². The van der Waals surface area contributed by atoms with Crippen molar-refractivity contribution in [3.63, 3.8) is 0 Å². The number of nitrogens with zero attached hydrogens (tertiary/aromatic N) is 2. The van der Waals surface area contributed by atoms with Gasteiger partial charge in [0.25, 0.3) is 0 Å². The maximum atomic E-state index is 5.93. The summed E-state index contributed by atoms with van der Waals surface area (Å²) in [5.41, 5.74) is 6.56. The third-order valence-corrected chi connectivity index (χ3v) is 3.66. The lowest BCUT2D eigenvalue weighted by molar-refractivity contribution is 0.393. The van der Waals surface area contributed by atoms with Gasteiger partial charge in [-0.05, 0) is 28.4 Å². The van der Waals surface area contributed by atoms with Crippen LogP contribution in [-0.4, -0.2) is 23.6 Å². The molecule has 0 aliphatic heterocycles. The second kappa shape index (κ2) is 6.19. The summed E-state index contributed by atoms with van der Waals surface area (Å²) in [5, 5.41) is 3.28. The number of anilines is 1. The van der Waals surface area contributed by atoms with E-state index in [1.165, 1.54) is 0 Å². The number of hydrogen-bond acceptors (Lipinski definition) is 5. The molecular weight excluding hydrogens is 320 g/mol. The Balaban J connectivity index is 2.31. The monoisotopic (exact) mass is 336 g/mol. The molecule has 0 bridgehead atoms. The molecule has 0 aliphatic rings. The van der Waals surface area contributed by atoms with Crippen LogP contribution in [0, 0.1) is 0 Å². The average Bonchev–Trinajstić information content (AvgIpc) is 2.50. The van der Waals surface area contributed by atoms with Crippen LogP contribution in [0.1, 0.15) is 12.5 Å². The summed E-state index contributed by atoms with van der Waals surface area (Å²) < 4.78 is 5.88. The zero-order valence-corrected chi connectivity index (χ0v) is 13.0. The van der Waals surface area contributed by atoms with E-state index in [0.29, 0.717) is 22.8 Å². The van der Waals surface area contributed by atoms with Crippen molar-refractivity contribution in [2.45, 2.75) is 12.5 Å². The SMILES string of the molecule is COc1nc(NC(C)(CN)c2ccccc2)ncc1Br. The normalized spacial score (nSPS) is 13.6. The molecule has 2 rings (SSSR count). The highest BCUT2D eigenvalue weighted by Crippen LogP contribution is 2.26. The fourth-order valence-electron chi connectivity index (χ4n) is 1.85. The van der Waals surface area contributed by atoms with Crippen molar-refractivity contribution in [3.8, 4) is 5.88 Å². The molecule has 1 atom stereocenters. The smallest absolute Gasteiger partial charge is 0.232 e. The van der Waals surface area contributed by atoms with Crippen LogP contribution in [-0.2, 0) is 5.54 Å². The van der Waals surface area contributed by atoms with Crippen molar-refractivity contribution in [2.24, 2.45) is 5.73 Å². The number of nitrogens with two attached hydrogens (primary N) is 1. The van der Waals surface area contributed by atoms with Crippen LogP contribution in [0.2, 0.25) is 0 Å². The van der Waals surface area contributed by atoms with E-state index in [1.807, 2.05) is 37.3 Å². The molecule has 1 heterocycles. The predicted molar refractivity (Wildman–Crippen MR) is 82.8 cm³/mol. The van der Waals surface area contributed by atoms with E-state index < -0.39 is 5.54 Å². The molecule has 0 aliphatic carbocycles. The maximum absolute atomic E-state index is 5.93. The Kier molecular flexibility index (Phi) is 4.57. The first kappa shape index (κ1) is 14.7. The Morgan fingerprint density at radius 3 is 2.65 bits per heavy atom. The summed E-state index contributed by atoms with van der Waals surface area (Å²) in [6.45, 7) is 2.43. The largest absolute Gasteiger partial charge is 0.480 e. The number of benzene rings is 1. The summed E-state index contributed by atoms with van der Waals surface area (Å²) >= 11 is 3.33. The fraction of sp³-hybridized carbons (Fsp3) is 0.286. The standard InChI is InChI=1S/C14H17BrN4O/c1-14(9-16,10-6-4-3-5-7-10)19-13-17-8-11(15)12(18-13)20-2/h3-8H,9,16H2,1-2H3,(H,17,18,19). The predicted octanol–water partition coefficient (Wildman–Crippen LogP) is 2.53. The Morgan fingerprint density at radius 2 is 2.05 bits per heavy atom. The maximum Gasteiger partial charge on any atom is 0.232 e. The van der Waals surface area contributed by atoms with Gasteiger partial charge in [-0.2, -0.15) is 4.98 Å². The van der Waals surface area contributed by atoms with E-state index in [0.717, 1.165) is 5.56 Å². The van der Waals surface area contributed by atoms with E-state index in [2.05, 4.69) is 31.2 Å². The number of nitrogens with one attached hydrogen (secondary N) is 1. The quantitative estimate of drug-likeness (QED) is 0.877. The molecule has 0 radical (unpaired) electrons. The third-order valence-electron chi connectivity index (χ3n) is 3.11. The summed E-state index contributed by atoms with van der Waals surface area (Å²) in [4.78, 5) is 8.54. The lowest BCUT2D eigenvalue weighted by Gasteiger charge is -2.30. The van der Waals surface area contributed by atoms with E-state index >= 15 is 0 Å². The number of rotatable bonds is 5. The van der Waals surface area contributed by atoms with Gasteiger partial charge in [-0.15, -0.1) is 0 Å². The van der Waals surface area contributed by atoms with Gasteiger partial charge < -0.3 is 15.8 Å². The summed E-state index contributed by atoms with van der Waals surface area (Å²) in [6.07, 6.45) is 1.65. The molecule has 106 valence electrons. The Hall–Kier alpha value is -1.66. The molecule has 1 unspecified atom stereocenters. The highest BCUT2D eigenvalue weighted by Gasteiger charge is 2.25. The van der Waals surface area contributed by atoms with Gasteiger partial charge in [0.05, 0.1) is 23.3 Å². The molecule has 3 N–H and O–H groups in total. The molecule has 0 amide bonds. The van der Waals surface area contributed by atoms with Crippen LogP contribution >= 0.6 is 15.9 Å². The molecule has 0 saturated carbocycles. The Labute approximate surface area is 126 Å². The molecule has 0 fully saturated rings. The van der Waals surface area contributed by atoms with Gasteiger partial charge in [0.1, 0.15) is 0 Å². The van der Waals surface area contributed by atoms with Gasteiger partial charge in [-0.1, -0.05) is 30.3 Å². The Morgan fingerprint density at radius 1 is 1.35 bits per heavy atom. The van der Waals surface area contributed by atoms with Gasteiger partial charge in [-0.25, -0.2) is 4.98 Å². The molecule has 1 aromatic heterocycles. The third kappa shape index (κ3) is 3.08. The number of hydrogen-bond donors (Lipinski definition) is 2. The van der Waals surface area contributed by atoms with Crippen molar-refractivity contribution in [1.29, 1.82) is 0 Å². The first-order valence-electron chi connectivity index (χ1n) is 6.19. The molecule has 2 aromatic rings. The number of ether oxygens (including phenoxy) is 1. The van der Waals surface area contributed by atoms with Crippen molar-refractivity contribution in [2.75, 3.05) is 19.0 Å². The van der Waals surface area contributed by atoms with Crippen LogP contribution in [0.15, 0.2) is 41.0 Å². The van der Waals surface area contributed by atoms with Crippen LogP contribution in [0.5, 0.6) is 5.88 Å². The first-order valence-corrected chi connectivity index (χ1v) is 6.98. The van der Waals surface area contributed by atoms with Crippen LogP contribution in [0.4, 0.5) is 5.95 Å². The number of methoxy groups -OCH3 is 1. The summed E-state index contributed by atoms with van der Waals surface area (Å²) in [6, 6.07) is 9.98. The molecule has 20 heavy (non-hydrogen) atoms. The molecule has 1 aromatic carbocycles. The molecule has 5 nitrogen and oxygen atoms in total. The van der Waals surface area contributed by atoms with Crippen LogP contribution in [0.3, 0.4) is 0 Å². The van der Waals surface area contributed by atoms with Gasteiger partial charge in [0.15, 0.2) is 0 Å². The zero-order chi connectivity index (χ0) is 14.6. The molecule has 6 heteroatoms. The van der Waals surface area contributed by atoms with Crippen molar-refractivity contribution >= 4 is 21.9 Å². The van der Waals surface area contributed by atoms with Crippen molar-refractivity contribution in [1.82, 2.24) is 9.97 Å². The van der Waals surface area contributed by atoms with Crippen LogP contribution in [0.25, 0.3) is 0 Å². The second-order valence-corrected chi connectivity index (χ2v) is 5.43.